The van der Waals surface area contributed by atoms with Gasteiger partial charge in [0.15, 0.2) is 0 Å². The highest BCUT2D eigenvalue weighted by Crippen LogP contribution is 2.36. The van der Waals surface area contributed by atoms with Crippen molar-refractivity contribution in [1.29, 1.82) is 0 Å². The third-order valence-electron chi connectivity index (χ3n) is 2.94. The Bertz CT molecular complexity index is 168. The van der Waals surface area contributed by atoms with E-state index in [1.807, 2.05) is 7.05 Å². The normalized spacial score (nSPS) is 21.1. The van der Waals surface area contributed by atoms with E-state index in [0.717, 1.165) is 32.2 Å². The van der Waals surface area contributed by atoms with Gasteiger partial charge in [0.2, 0.25) is 0 Å². The van der Waals surface area contributed by atoms with Gasteiger partial charge in [-0.25, -0.2) is 0 Å². The van der Waals surface area contributed by atoms with Crippen molar-refractivity contribution in [3.8, 4) is 0 Å². The van der Waals surface area contributed by atoms with Crippen molar-refractivity contribution < 1.29 is 9.53 Å². The molecule has 0 heterocycles. The van der Waals surface area contributed by atoms with E-state index in [-0.39, 0.29) is 11.4 Å². The van der Waals surface area contributed by atoms with Crippen LogP contribution in [0.2, 0.25) is 0 Å². The molecule has 1 aliphatic carbocycles. The van der Waals surface area contributed by atoms with Gasteiger partial charge in [0.05, 0.1) is 12.5 Å². The van der Waals surface area contributed by atoms with Crippen molar-refractivity contribution in [2.45, 2.75) is 32.1 Å². The number of hydrogen-bond acceptors (Lipinski definition) is 3. The van der Waals surface area contributed by atoms with Gasteiger partial charge in [-0.1, -0.05) is 19.3 Å². The predicted octanol–water partition coefficient (Wildman–Crippen LogP) is 1.33. The van der Waals surface area contributed by atoms with Crippen LogP contribution in [0.25, 0.3) is 0 Å². The van der Waals surface area contributed by atoms with Gasteiger partial charge in [-0.3, -0.25) is 4.79 Å². The minimum Gasteiger partial charge on any atom is -0.469 e. The number of methoxy groups -OCH3 is 1. The van der Waals surface area contributed by atoms with Gasteiger partial charge in [-0.05, 0) is 19.9 Å². The molecule has 0 amide bonds. The molecule has 0 saturated heterocycles. The Morgan fingerprint density at radius 3 is 2.46 bits per heavy atom. The maximum absolute atomic E-state index is 11.6. The van der Waals surface area contributed by atoms with Crippen LogP contribution in [0.4, 0.5) is 0 Å². The molecule has 0 radical (unpaired) electrons. The average Bonchev–Trinajstić information content (AvgIpc) is 2.18. The van der Waals surface area contributed by atoms with Crippen LogP contribution in [0.15, 0.2) is 0 Å². The van der Waals surface area contributed by atoms with Crippen LogP contribution < -0.4 is 5.32 Å². The summed E-state index contributed by atoms with van der Waals surface area (Å²) >= 11 is 0. The number of nitrogens with one attached hydrogen (secondary N) is 1. The van der Waals surface area contributed by atoms with Crippen molar-refractivity contribution in [1.82, 2.24) is 5.32 Å². The molecule has 0 unspecified atom stereocenters. The highest BCUT2D eigenvalue weighted by atomic mass is 16.5. The molecule has 1 saturated carbocycles. The summed E-state index contributed by atoms with van der Waals surface area (Å²) < 4.78 is 4.87. The first-order valence-corrected chi connectivity index (χ1v) is 4.98. The molecule has 76 valence electrons. The fraction of sp³-hybridized carbons (Fsp3) is 0.900. The van der Waals surface area contributed by atoms with Crippen molar-refractivity contribution in [2.24, 2.45) is 5.41 Å². The number of hydrogen-bond donors (Lipinski definition) is 1. The van der Waals surface area contributed by atoms with Crippen LogP contribution in [0, 0.1) is 5.41 Å². The van der Waals surface area contributed by atoms with Gasteiger partial charge in [-0.15, -0.1) is 0 Å². The number of rotatable bonds is 3. The summed E-state index contributed by atoms with van der Waals surface area (Å²) in [6, 6.07) is 0. The number of carbonyl (C=O) groups is 1. The lowest BCUT2D eigenvalue weighted by Crippen LogP contribution is -2.42. The van der Waals surface area contributed by atoms with E-state index in [4.69, 9.17) is 4.74 Å². The number of carbonyl (C=O) groups excluding carboxylic acids is 1. The summed E-state index contributed by atoms with van der Waals surface area (Å²) in [6.07, 6.45) is 5.50. The third kappa shape index (κ3) is 2.21. The van der Waals surface area contributed by atoms with Crippen molar-refractivity contribution in [3.05, 3.63) is 0 Å². The second-order valence-electron chi connectivity index (χ2n) is 3.86. The lowest BCUT2D eigenvalue weighted by atomic mass is 9.74. The van der Waals surface area contributed by atoms with Crippen LogP contribution in [-0.2, 0) is 9.53 Å². The molecule has 1 N–H and O–H groups in total. The fourth-order valence-corrected chi connectivity index (χ4v) is 2.24. The SMILES string of the molecule is CNCC1(C(=O)OC)CCCCC1. The molecule has 1 aliphatic rings. The fourth-order valence-electron chi connectivity index (χ4n) is 2.24. The Morgan fingerprint density at radius 2 is 2.00 bits per heavy atom. The highest BCUT2D eigenvalue weighted by Gasteiger charge is 2.39. The molecule has 1 fully saturated rings. The standard InChI is InChI=1S/C10H19NO2/c1-11-8-10(9(12)13-2)6-4-3-5-7-10/h11H,3-8H2,1-2H3. The van der Waals surface area contributed by atoms with Crippen LogP contribution in [0.3, 0.4) is 0 Å². The number of esters is 1. The van der Waals surface area contributed by atoms with E-state index in [9.17, 15) is 4.79 Å². The Morgan fingerprint density at radius 1 is 1.38 bits per heavy atom. The lowest BCUT2D eigenvalue weighted by Gasteiger charge is -2.34. The minimum atomic E-state index is -0.234. The van der Waals surface area contributed by atoms with Crippen LogP contribution in [0.5, 0.6) is 0 Å². The molecule has 0 spiro atoms. The molecule has 0 bridgehead atoms. The van der Waals surface area contributed by atoms with Crippen LogP contribution in [0.1, 0.15) is 32.1 Å². The average molecular weight is 185 g/mol. The quantitative estimate of drug-likeness (QED) is 0.674. The second-order valence-corrected chi connectivity index (χ2v) is 3.86. The first kappa shape index (κ1) is 10.5. The predicted molar refractivity (Wildman–Crippen MR) is 51.5 cm³/mol. The van der Waals surface area contributed by atoms with Gasteiger partial charge in [-0.2, -0.15) is 0 Å². The summed E-state index contributed by atoms with van der Waals surface area (Å²) in [7, 11) is 3.37. The van der Waals surface area contributed by atoms with Crippen molar-refractivity contribution in [2.75, 3.05) is 20.7 Å². The number of ether oxygens (including phenoxy) is 1. The molecule has 0 atom stereocenters. The zero-order valence-corrected chi connectivity index (χ0v) is 8.56. The summed E-state index contributed by atoms with van der Waals surface area (Å²) in [5, 5.41) is 3.09. The molecule has 1 rings (SSSR count). The molecular formula is C10H19NO2. The molecule has 13 heavy (non-hydrogen) atoms. The zero-order chi connectivity index (χ0) is 9.73. The minimum absolute atomic E-state index is 0.0402. The molecular weight excluding hydrogens is 166 g/mol. The van der Waals surface area contributed by atoms with Crippen LogP contribution in [-0.4, -0.2) is 26.7 Å². The Hall–Kier alpha value is -0.570. The van der Waals surface area contributed by atoms with E-state index in [1.165, 1.54) is 13.5 Å². The third-order valence-corrected chi connectivity index (χ3v) is 2.94. The first-order valence-electron chi connectivity index (χ1n) is 4.98. The molecule has 3 nitrogen and oxygen atoms in total. The summed E-state index contributed by atoms with van der Waals surface area (Å²) in [6.45, 7) is 0.750. The molecule has 0 aliphatic heterocycles. The van der Waals surface area contributed by atoms with E-state index < -0.39 is 0 Å². The maximum atomic E-state index is 11.6. The molecule has 0 aromatic rings. The Balaban J connectivity index is 2.66. The van der Waals surface area contributed by atoms with Crippen LogP contribution >= 0.6 is 0 Å². The molecule has 0 aromatic carbocycles. The Kier molecular flexibility index (Phi) is 3.72. The molecule has 0 aromatic heterocycles. The topological polar surface area (TPSA) is 38.3 Å². The van der Waals surface area contributed by atoms with Gasteiger partial charge in [0.1, 0.15) is 0 Å². The highest BCUT2D eigenvalue weighted by molar-refractivity contribution is 5.77. The lowest BCUT2D eigenvalue weighted by molar-refractivity contribution is -0.154. The van der Waals surface area contributed by atoms with Crippen molar-refractivity contribution >= 4 is 5.97 Å². The largest absolute Gasteiger partial charge is 0.469 e. The molecule has 3 heteroatoms. The second kappa shape index (κ2) is 4.61. The van der Waals surface area contributed by atoms with Gasteiger partial charge in [0, 0.05) is 6.54 Å². The van der Waals surface area contributed by atoms with E-state index in [1.54, 1.807) is 0 Å². The smallest absolute Gasteiger partial charge is 0.313 e. The maximum Gasteiger partial charge on any atom is 0.313 e. The van der Waals surface area contributed by atoms with E-state index in [0.29, 0.717) is 0 Å². The Labute approximate surface area is 79.8 Å². The summed E-state index contributed by atoms with van der Waals surface area (Å²) in [5.41, 5.74) is -0.234. The summed E-state index contributed by atoms with van der Waals surface area (Å²) in [4.78, 5) is 11.6. The first-order chi connectivity index (χ1) is 6.25. The van der Waals surface area contributed by atoms with E-state index in [2.05, 4.69) is 5.32 Å². The summed E-state index contributed by atoms with van der Waals surface area (Å²) in [5.74, 6) is -0.0402. The monoisotopic (exact) mass is 185 g/mol. The van der Waals surface area contributed by atoms with Gasteiger partial charge < -0.3 is 10.1 Å². The van der Waals surface area contributed by atoms with Gasteiger partial charge in [0.25, 0.3) is 0 Å². The van der Waals surface area contributed by atoms with Crippen molar-refractivity contribution in [3.63, 3.8) is 0 Å². The van der Waals surface area contributed by atoms with Gasteiger partial charge >= 0.3 is 5.97 Å². The van der Waals surface area contributed by atoms with E-state index >= 15 is 0 Å². The zero-order valence-electron chi connectivity index (χ0n) is 8.56.